The van der Waals surface area contributed by atoms with Gasteiger partial charge in [0.25, 0.3) is 5.91 Å². The summed E-state index contributed by atoms with van der Waals surface area (Å²) in [6.45, 7) is 1.49. The molecule has 98 valence electrons. The van der Waals surface area contributed by atoms with E-state index in [1.807, 2.05) is 0 Å². The molecule has 5 N–H and O–H groups in total. The smallest absolute Gasteiger partial charge is 0.257 e. The Labute approximate surface area is 102 Å². The van der Waals surface area contributed by atoms with Crippen LogP contribution in [0.3, 0.4) is 0 Å². The number of rotatable bonds is 4. The van der Waals surface area contributed by atoms with Crippen LogP contribution in [0.1, 0.15) is 23.7 Å². The molecule has 7 heteroatoms. The Kier molecular flexibility index (Phi) is 4.19. The minimum Gasteiger partial charge on any atom is -0.396 e. The Balaban J connectivity index is 2.91. The second kappa shape index (κ2) is 5.44. The average molecular weight is 257 g/mol. The third kappa shape index (κ3) is 3.16. The molecule has 1 aromatic rings. The molecule has 2 amide bonds. The van der Waals surface area contributed by atoms with Crippen LogP contribution in [-0.4, -0.2) is 17.9 Å². The lowest BCUT2D eigenvalue weighted by atomic mass is 10.1. The van der Waals surface area contributed by atoms with E-state index in [1.54, 1.807) is 0 Å². The van der Waals surface area contributed by atoms with Crippen molar-refractivity contribution >= 4 is 17.5 Å². The van der Waals surface area contributed by atoms with Crippen LogP contribution in [0, 0.1) is 11.6 Å². The number of amides is 2. The Hall–Kier alpha value is -2.18. The fourth-order valence-electron chi connectivity index (χ4n) is 1.43. The summed E-state index contributed by atoms with van der Waals surface area (Å²) in [6.07, 6.45) is -0.128. The van der Waals surface area contributed by atoms with E-state index in [4.69, 9.17) is 11.5 Å². The van der Waals surface area contributed by atoms with Gasteiger partial charge in [-0.05, 0) is 19.1 Å². The maximum atomic E-state index is 13.5. The van der Waals surface area contributed by atoms with E-state index < -0.39 is 35.1 Å². The van der Waals surface area contributed by atoms with Crippen molar-refractivity contribution in [1.82, 2.24) is 5.32 Å². The van der Waals surface area contributed by atoms with Crippen molar-refractivity contribution in [1.29, 1.82) is 0 Å². The molecule has 0 saturated carbocycles. The molecule has 0 aromatic heterocycles. The Morgan fingerprint density at radius 1 is 1.39 bits per heavy atom. The lowest BCUT2D eigenvalue weighted by Gasteiger charge is -2.13. The van der Waals surface area contributed by atoms with Gasteiger partial charge >= 0.3 is 0 Å². The number of nitrogens with two attached hydrogens (primary N) is 2. The first-order chi connectivity index (χ1) is 8.32. The number of hydrogen-bond acceptors (Lipinski definition) is 3. The topological polar surface area (TPSA) is 98.2 Å². The van der Waals surface area contributed by atoms with Crippen molar-refractivity contribution in [2.75, 3.05) is 5.73 Å². The number of primary amides is 1. The van der Waals surface area contributed by atoms with Crippen LogP contribution in [0.5, 0.6) is 0 Å². The van der Waals surface area contributed by atoms with Gasteiger partial charge in [0.2, 0.25) is 5.91 Å². The van der Waals surface area contributed by atoms with Crippen molar-refractivity contribution in [3.8, 4) is 0 Å². The van der Waals surface area contributed by atoms with Gasteiger partial charge in [0, 0.05) is 12.5 Å². The number of nitrogens with one attached hydrogen (secondary N) is 1. The highest BCUT2D eigenvalue weighted by Crippen LogP contribution is 2.18. The molecule has 1 rings (SSSR count). The van der Waals surface area contributed by atoms with Crippen LogP contribution in [0.15, 0.2) is 12.1 Å². The van der Waals surface area contributed by atoms with Crippen LogP contribution >= 0.6 is 0 Å². The number of hydrogen-bond donors (Lipinski definition) is 3. The molecule has 0 aliphatic rings. The minimum absolute atomic E-state index is 0.128. The molecule has 0 saturated heterocycles. The van der Waals surface area contributed by atoms with Crippen molar-refractivity contribution in [3.63, 3.8) is 0 Å². The summed E-state index contributed by atoms with van der Waals surface area (Å²) < 4.78 is 26.9. The molecule has 0 bridgehead atoms. The first-order valence-electron chi connectivity index (χ1n) is 5.15. The van der Waals surface area contributed by atoms with Crippen molar-refractivity contribution in [3.05, 3.63) is 29.3 Å². The normalized spacial score (nSPS) is 11.9. The molecule has 0 radical (unpaired) electrons. The molecule has 1 aromatic carbocycles. The van der Waals surface area contributed by atoms with Gasteiger partial charge in [0.1, 0.15) is 11.4 Å². The maximum absolute atomic E-state index is 13.5. The van der Waals surface area contributed by atoms with E-state index in [0.717, 1.165) is 12.1 Å². The zero-order chi connectivity index (χ0) is 13.9. The molecule has 0 fully saturated rings. The van der Waals surface area contributed by atoms with E-state index in [2.05, 4.69) is 5.32 Å². The minimum atomic E-state index is -1.13. The first kappa shape index (κ1) is 13.9. The third-order valence-electron chi connectivity index (χ3n) is 2.23. The molecule has 1 atom stereocenters. The van der Waals surface area contributed by atoms with Gasteiger partial charge < -0.3 is 16.8 Å². The summed E-state index contributed by atoms with van der Waals surface area (Å²) in [5.41, 5.74) is 9.07. The molecular formula is C11H13F2N3O2. The molecular weight excluding hydrogens is 244 g/mol. The van der Waals surface area contributed by atoms with Crippen molar-refractivity contribution < 1.29 is 18.4 Å². The lowest BCUT2D eigenvalue weighted by Crippen LogP contribution is -2.36. The summed E-state index contributed by atoms with van der Waals surface area (Å²) in [7, 11) is 0. The second-order valence-electron chi connectivity index (χ2n) is 3.87. The predicted molar refractivity (Wildman–Crippen MR) is 61.5 cm³/mol. The largest absolute Gasteiger partial charge is 0.396 e. The van der Waals surface area contributed by atoms with Gasteiger partial charge in [0.05, 0.1) is 5.69 Å². The molecule has 18 heavy (non-hydrogen) atoms. The Morgan fingerprint density at radius 3 is 2.56 bits per heavy atom. The van der Waals surface area contributed by atoms with Gasteiger partial charge in [-0.15, -0.1) is 0 Å². The Morgan fingerprint density at radius 2 is 2.00 bits per heavy atom. The van der Waals surface area contributed by atoms with Crippen LogP contribution in [-0.2, 0) is 4.79 Å². The van der Waals surface area contributed by atoms with Crippen molar-refractivity contribution in [2.45, 2.75) is 19.4 Å². The maximum Gasteiger partial charge on any atom is 0.257 e. The summed E-state index contributed by atoms with van der Waals surface area (Å²) in [4.78, 5) is 22.3. The number of carbonyl (C=O) groups excluding carboxylic acids is 2. The van der Waals surface area contributed by atoms with Gasteiger partial charge in [0.15, 0.2) is 5.82 Å². The first-order valence-corrected chi connectivity index (χ1v) is 5.15. The third-order valence-corrected chi connectivity index (χ3v) is 2.23. The molecule has 0 aliphatic carbocycles. The van der Waals surface area contributed by atoms with E-state index in [-0.39, 0.29) is 12.1 Å². The Bertz CT molecular complexity index is 491. The quantitative estimate of drug-likeness (QED) is 0.686. The summed E-state index contributed by atoms with van der Waals surface area (Å²) in [6, 6.07) is 1.29. The zero-order valence-electron chi connectivity index (χ0n) is 9.67. The van der Waals surface area contributed by atoms with E-state index in [0.29, 0.717) is 0 Å². The fraction of sp³-hybridized carbons (Fsp3) is 0.273. The zero-order valence-corrected chi connectivity index (χ0v) is 9.67. The monoisotopic (exact) mass is 257 g/mol. The van der Waals surface area contributed by atoms with Crippen LogP contribution in [0.4, 0.5) is 14.5 Å². The van der Waals surface area contributed by atoms with E-state index in [9.17, 15) is 18.4 Å². The van der Waals surface area contributed by atoms with Crippen LogP contribution in [0.25, 0.3) is 0 Å². The van der Waals surface area contributed by atoms with Crippen LogP contribution < -0.4 is 16.8 Å². The second-order valence-corrected chi connectivity index (χ2v) is 3.87. The lowest BCUT2D eigenvalue weighted by molar-refractivity contribution is -0.118. The summed E-state index contributed by atoms with van der Waals surface area (Å²) >= 11 is 0. The summed E-state index contributed by atoms with van der Waals surface area (Å²) in [5, 5.41) is 2.26. The highest BCUT2D eigenvalue weighted by atomic mass is 19.1. The molecule has 0 spiro atoms. The fourth-order valence-corrected chi connectivity index (χ4v) is 1.43. The van der Waals surface area contributed by atoms with Gasteiger partial charge in [-0.1, -0.05) is 0 Å². The average Bonchev–Trinajstić information content (AvgIpc) is 2.22. The standard InChI is InChI=1S/C11H13F2N3O2/c1-5(4-8(15)17)16-11(18)9-6(12)2-3-7(14)10(9)13/h2-3,5H,4,14H2,1H3,(H2,15,17)(H,16,18). The highest BCUT2D eigenvalue weighted by Gasteiger charge is 2.21. The number of halogens is 2. The van der Waals surface area contributed by atoms with Gasteiger partial charge in [-0.2, -0.15) is 0 Å². The molecule has 5 nitrogen and oxygen atoms in total. The molecule has 1 unspecified atom stereocenters. The number of anilines is 1. The predicted octanol–water partition coefficient (Wildman–Crippen LogP) is 0.541. The van der Waals surface area contributed by atoms with Gasteiger partial charge in [-0.3, -0.25) is 9.59 Å². The number of benzene rings is 1. The van der Waals surface area contributed by atoms with E-state index >= 15 is 0 Å². The number of carbonyl (C=O) groups is 2. The SMILES string of the molecule is CC(CC(N)=O)NC(=O)c1c(F)ccc(N)c1F. The van der Waals surface area contributed by atoms with E-state index in [1.165, 1.54) is 6.92 Å². The molecule has 0 heterocycles. The van der Waals surface area contributed by atoms with Gasteiger partial charge in [-0.25, -0.2) is 8.78 Å². The highest BCUT2D eigenvalue weighted by molar-refractivity contribution is 5.96. The van der Waals surface area contributed by atoms with Crippen molar-refractivity contribution in [2.24, 2.45) is 5.73 Å². The number of nitrogen functional groups attached to an aromatic ring is 1. The summed E-state index contributed by atoms with van der Waals surface area (Å²) in [5.74, 6) is -3.76. The molecule has 0 aliphatic heterocycles. The van der Waals surface area contributed by atoms with Crippen LogP contribution in [0.2, 0.25) is 0 Å².